The highest BCUT2D eigenvalue weighted by atomic mass is 35.5. The molecule has 3 nitrogen and oxygen atoms in total. The molecule has 6 heteroatoms. The molecule has 0 heterocycles. The predicted molar refractivity (Wildman–Crippen MR) is 52.6 cm³/mol. The zero-order valence-corrected chi connectivity index (χ0v) is 8.63. The van der Waals surface area contributed by atoms with Crippen molar-refractivity contribution in [3.63, 3.8) is 0 Å². The minimum absolute atomic E-state index is 0.0727. The Balaban J connectivity index is 3.48. The van der Waals surface area contributed by atoms with Gasteiger partial charge in [0.15, 0.2) is 0 Å². The topological polar surface area (TPSA) is 61.1 Å². The molecule has 0 aliphatic rings. The summed E-state index contributed by atoms with van der Waals surface area (Å²) >= 11 is 5.46. The second-order valence-corrected chi connectivity index (χ2v) is 3.22. The number of benzene rings is 1. The molecular formula is C10H6ClF2NO2. The molecule has 0 aliphatic heterocycles. The van der Waals surface area contributed by atoms with Crippen LogP contribution in [-0.4, -0.2) is 11.1 Å². The van der Waals surface area contributed by atoms with Crippen LogP contribution < -0.4 is 0 Å². The Bertz CT molecular complexity index is 469. The molecule has 1 rings (SSSR count). The second-order valence-electron chi connectivity index (χ2n) is 2.95. The third kappa shape index (κ3) is 2.28. The molecule has 0 unspecified atom stereocenters. The second kappa shape index (κ2) is 4.90. The van der Waals surface area contributed by atoms with Gasteiger partial charge in [0, 0.05) is 11.4 Å². The third-order valence-corrected chi connectivity index (χ3v) is 2.29. The summed E-state index contributed by atoms with van der Waals surface area (Å²) in [6, 6.07) is 3.41. The van der Waals surface area contributed by atoms with Gasteiger partial charge in [0.25, 0.3) is 6.43 Å². The van der Waals surface area contributed by atoms with Crippen molar-refractivity contribution in [1.82, 2.24) is 0 Å². The van der Waals surface area contributed by atoms with Crippen LogP contribution in [0, 0.1) is 11.3 Å². The number of hydrogen-bond acceptors (Lipinski definition) is 2. The van der Waals surface area contributed by atoms with Gasteiger partial charge in [0.1, 0.15) is 0 Å². The molecule has 0 bridgehead atoms. The van der Waals surface area contributed by atoms with Crippen molar-refractivity contribution in [3.05, 3.63) is 34.4 Å². The van der Waals surface area contributed by atoms with E-state index in [0.29, 0.717) is 0 Å². The lowest BCUT2D eigenvalue weighted by molar-refractivity contribution is 0.0695. The number of carbonyl (C=O) groups is 1. The van der Waals surface area contributed by atoms with Gasteiger partial charge in [-0.1, -0.05) is 0 Å². The van der Waals surface area contributed by atoms with E-state index in [9.17, 15) is 13.6 Å². The average molecular weight is 246 g/mol. The van der Waals surface area contributed by atoms with Crippen LogP contribution in [0.15, 0.2) is 12.1 Å². The van der Waals surface area contributed by atoms with E-state index in [1.165, 1.54) is 6.07 Å². The molecule has 0 spiro atoms. The molecule has 16 heavy (non-hydrogen) atoms. The number of nitriles is 1. The largest absolute Gasteiger partial charge is 0.478 e. The fourth-order valence-corrected chi connectivity index (χ4v) is 1.47. The fourth-order valence-electron chi connectivity index (χ4n) is 1.25. The third-order valence-electron chi connectivity index (χ3n) is 2.01. The van der Waals surface area contributed by atoms with E-state index < -0.39 is 18.0 Å². The van der Waals surface area contributed by atoms with Crippen molar-refractivity contribution in [2.24, 2.45) is 0 Å². The van der Waals surface area contributed by atoms with Gasteiger partial charge in [-0.3, -0.25) is 0 Å². The monoisotopic (exact) mass is 245 g/mol. The molecule has 0 aromatic heterocycles. The van der Waals surface area contributed by atoms with Crippen LogP contribution in [0.1, 0.15) is 33.5 Å². The standard InChI is InChI=1S/C10H6ClF2NO2/c11-3-5-1-7(9(12)13)6(4-14)2-8(5)10(15)16/h1-2,9H,3H2,(H,15,16). The van der Waals surface area contributed by atoms with Crippen molar-refractivity contribution < 1.29 is 18.7 Å². The first-order valence-electron chi connectivity index (χ1n) is 4.15. The maximum Gasteiger partial charge on any atom is 0.336 e. The van der Waals surface area contributed by atoms with Gasteiger partial charge in [-0.2, -0.15) is 5.26 Å². The Morgan fingerprint density at radius 1 is 1.56 bits per heavy atom. The summed E-state index contributed by atoms with van der Waals surface area (Å²) in [4.78, 5) is 10.8. The first-order chi connectivity index (χ1) is 7.51. The molecule has 1 aromatic carbocycles. The maximum absolute atomic E-state index is 12.5. The van der Waals surface area contributed by atoms with E-state index in [4.69, 9.17) is 22.0 Å². The zero-order chi connectivity index (χ0) is 12.3. The summed E-state index contributed by atoms with van der Waals surface area (Å²) < 4.78 is 25.0. The number of alkyl halides is 3. The first-order valence-corrected chi connectivity index (χ1v) is 4.69. The highest BCUT2D eigenvalue weighted by Crippen LogP contribution is 2.27. The number of halogens is 3. The molecule has 0 saturated carbocycles. The van der Waals surface area contributed by atoms with Crippen molar-refractivity contribution >= 4 is 17.6 Å². The quantitative estimate of drug-likeness (QED) is 0.833. The van der Waals surface area contributed by atoms with Gasteiger partial charge in [-0.15, -0.1) is 11.6 Å². The lowest BCUT2D eigenvalue weighted by Gasteiger charge is -2.08. The van der Waals surface area contributed by atoms with Crippen LogP contribution in [0.2, 0.25) is 0 Å². The molecule has 84 valence electrons. The van der Waals surface area contributed by atoms with Gasteiger partial charge in [0.05, 0.1) is 17.2 Å². The van der Waals surface area contributed by atoms with Gasteiger partial charge in [0.2, 0.25) is 0 Å². The highest BCUT2D eigenvalue weighted by molar-refractivity contribution is 6.17. The summed E-state index contributed by atoms with van der Waals surface area (Å²) in [6.45, 7) is 0. The van der Waals surface area contributed by atoms with Crippen LogP contribution in [0.5, 0.6) is 0 Å². The lowest BCUT2D eigenvalue weighted by Crippen LogP contribution is -2.04. The Hall–Kier alpha value is -1.67. The normalized spacial score (nSPS) is 10.2. The predicted octanol–water partition coefficient (Wildman–Crippen LogP) is 2.93. The van der Waals surface area contributed by atoms with Crippen molar-refractivity contribution in [2.45, 2.75) is 12.3 Å². The molecule has 0 fully saturated rings. The number of aromatic carboxylic acids is 1. The lowest BCUT2D eigenvalue weighted by atomic mass is 10.00. The van der Waals surface area contributed by atoms with E-state index in [-0.39, 0.29) is 22.6 Å². The number of carboxylic acid groups (broad SMARTS) is 1. The van der Waals surface area contributed by atoms with E-state index in [0.717, 1.165) is 12.1 Å². The van der Waals surface area contributed by atoms with Gasteiger partial charge in [-0.25, -0.2) is 13.6 Å². The number of nitrogens with zero attached hydrogens (tertiary/aromatic N) is 1. The molecule has 0 radical (unpaired) electrons. The van der Waals surface area contributed by atoms with Gasteiger partial charge < -0.3 is 5.11 Å². The summed E-state index contributed by atoms with van der Waals surface area (Å²) in [5.74, 6) is -1.50. The average Bonchev–Trinajstić information content (AvgIpc) is 2.26. The molecule has 1 N–H and O–H groups in total. The van der Waals surface area contributed by atoms with Crippen molar-refractivity contribution in [1.29, 1.82) is 5.26 Å². The van der Waals surface area contributed by atoms with Crippen LogP contribution in [0.25, 0.3) is 0 Å². The Labute approximate surface area is 94.9 Å². The zero-order valence-electron chi connectivity index (χ0n) is 7.88. The number of carboxylic acids is 1. The van der Waals surface area contributed by atoms with Crippen LogP contribution >= 0.6 is 11.6 Å². The van der Waals surface area contributed by atoms with Gasteiger partial charge >= 0.3 is 5.97 Å². The maximum atomic E-state index is 12.5. The molecule has 0 amide bonds. The van der Waals surface area contributed by atoms with Crippen LogP contribution in [0.4, 0.5) is 8.78 Å². The van der Waals surface area contributed by atoms with E-state index >= 15 is 0 Å². The van der Waals surface area contributed by atoms with Gasteiger partial charge in [-0.05, 0) is 17.7 Å². The van der Waals surface area contributed by atoms with Crippen LogP contribution in [0.3, 0.4) is 0 Å². The molecule has 0 aliphatic carbocycles. The molecule has 1 aromatic rings. The van der Waals surface area contributed by atoms with Crippen LogP contribution in [-0.2, 0) is 5.88 Å². The SMILES string of the molecule is N#Cc1cc(C(=O)O)c(CCl)cc1C(F)F. The summed E-state index contributed by atoms with van der Waals surface area (Å²) in [5, 5.41) is 17.4. The van der Waals surface area contributed by atoms with E-state index in [1.807, 2.05) is 0 Å². The Kier molecular flexibility index (Phi) is 3.80. The molecule has 0 saturated heterocycles. The van der Waals surface area contributed by atoms with Crippen molar-refractivity contribution in [2.75, 3.05) is 0 Å². The fraction of sp³-hybridized carbons (Fsp3) is 0.200. The summed E-state index contributed by atoms with van der Waals surface area (Å²) in [5.41, 5.74) is -0.996. The highest BCUT2D eigenvalue weighted by Gasteiger charge is 2.19. The number of hydrogen-bond donors (Lipinski definition) is 1. The minimum atomic E-state index is -2.83. The minimum Gasteiger partial charge on any atom is -0.478 e. The molecular weight excluding hydrogens is 240 g/mol. The van der Waals surface area contributed by atoms with Crippen molar-refractivity contribution in [3.8, 4) is 6.07 Å². The summed E-state index contributed by atoms with van der Waals surface area (Å²) in [7, 11) is 0. The van der Waals surface area contributed by atoms with E-state index in [2.05, 4.69) is 0 Å². The summed E-state index contributed by atoms with van der Waals surface area (Å²) in [6.07, 6.45) is -2.83. The smallest absolute Gasteiger partial charge is 0.336 e. The Morgan fingerprint density at radius 2 is 2.19 bits per heavy atom. The Morgan fingerprint density at radius 3 is 2.56 bits per heavy atom. The number of rotatable bonds is 3. The molecule has 0 atom stereocenters. The van der Waals surface area contributed by atoms with E-state index in [1.54, 1.807) is 0 Å². The first kappa shape index (κ1) is 12.4.